The number of hydrogen-bond donors (Lipinski definition) is 2. The minimum atomic E-state index is -4.59. The molecule has 0 spiro atoms. The molecule has 12 heteroatoms. The molecule has 1 aromatic carbocycles. The van der Waals surface area contributed by atoms with Crippen molar-refractivity contribution in [3.63, 3.8) is 0 Å². The first-order valence-corrected chi connectivity index (χ1v) is 17.2. The zero-order chi connectivity index (χ0) is 32.7. The first-order valence-electron chi connectivity index (χ1n) is 17.2. The highest BCUT2D eigenvalue weighted by Gasteiger charge is 2.36. The Hall–Kier alpha value is -3.12. The van der Waals surface area contributed by atoms with Gasteiger partial charge >= 0.3 is 6.18 Å². The van der Waals surface area contributed by atoms with Crippen LogP contribution >= 0.6 is 0 Å². The monoisotopic (exact) mass is 644 g/mol. The molecule has 9 nitrogen and oxygen atoms in total. The molecular formula is C34H51F3N8O. The number of nitrogens with zero attached hydrogens (tertiary/aromatic N) is 6. The minimum Gasteiger partial charge on any atom is -0.371 e. The average molecular weight is 645 g/mol. The first-order chi connectivity index (χ1) is 22.2. The minimum absolute atomic E-state index is 0.0847. The Kier molecular flexibility index (Phi) is 11.6. The zero-order valence-corrected chi connectivity index (χ0v) is 27.7. The molecule has 2 aliphatic heterocycles. The standard InChI is InChI=1S/C34H51F3N8O/c1-4-7-31(46)45(15-5-2)16-6-14-38-32-29(34(35,36)37)24-39-33(41-32)40-30-11-10-27(23-28(30)25-8-9-25)43-17-12-26(13-18-43)44-21-19-42(3)20-22-44/h10-11,23-26H,4-9,12-22H2,1-3H3,(H2,38,39,40,41). The van der Waals surface area contributed by atoms with E-state index < -0.39 is 11.7 Å². The van der Waals surface area contributed by atoms with Crippen molar-refractivity contribution in [2.75, 3.05) is 81.5 Å². The fraction of sp³-hybridized carbons (Fsp3) is 0.676. The van der Waals surface area contributed by atoms with Gasteiger partial charge in [-0.15, -0.1) is 0 Å². The van der Waals surface area contributed by atoms with Crippen LogP contribution in [0.3, 0.4) is 0 Å². The number of carbonyl (C=O) groups excluding carboxylic acids is 1. The molecule has 3 aliphatic rings. The maximum atomic E-state index is 13.9. The Morgan fingerprint density at radius 3 is 2.39 bits per heavy atom. The number of aromatic nitrogens is 2. The second-order valence-electron chi connectivity index (χ2n) is 13.1. The third-order valence-corrected chi connectivity index (χ3v) is 9.48. The third kappa shape index (κ3) is 9.02. The number of carbonyl (C=O) groups is 1. The summed E-state index contributed by atoms with van der Waals surface area (Å²) in [5.74, 6) is 0.393. The van der Waals surface area contributed by atoms with Crippen molar-refractivity contribution in [2.45, 2.75) is 83.4 Å². The van der Waals surface area contributed by atoms with Gasteiger partial charge in [-0.3, -0.25) is 9.69 Å². The molecule has 2 N–H and O–H groups in total. The smallest absolute Gasteiger partial charge is 0.371 e. The summed E-state index contributed by atoms with van der Waals surface area (Å²) < 4.78 is 41.6. The van der Waals surface area contributed by atoms with E-state index in [0.29, 0.717) is 37.9 Å². The molecule has 1 saturated carbocycles. The normalized spacial score (nSPS) is 18.5. The van der Waals surface area contributed by atoms with Crippen LogP contribution in [0.25, 0.3) is 0 Å². The van der Waals surface area contributed by atoms with Gasteiger partial charge in [0.15, 0.2) is 0 Å². The van der Waals surface area contributed by atoms with Gasteiger partial charge in [0.2, 0.25) is 11.9 Å². The molecule has 0 atom stereocenters. The third-order valence-electron chi connectivity index (χ3n) is 9.48. The van der Waals surface area contributed by atoms with Crippen molar-refractivity contribution in [3.8, 4) is 0 Å². The molecule has 3 heterocycles. The Labute approximate surface area is 271 Å². The van der Waals surface area contributed by atoms with Crippen LogP contribution in [0.15, 0.2) is 24.4 Å². The average Bonchev–Trinajstić information content (AvgIpc) is 3.89. The Morgan fingerprint density at radius 2 is 1.74 bits per heavy atom. The molecule has 2 saturated heterocycles. The number of rotatable bonds is 14. The lowest BCUT2D eigenvalue weighted by Gasteiger charge is -2.42. The van der Waals surface area contributed by atoms with Crippen LogP contribution in [-0.4, -0.2) is 103 Å². The van der Waals surface area contributed by atoms with Crippen molar-refractivity contribution in [1.29, 1.82) is 0 Å². The molecule has 1 aliphatic carbocycles. The number of anilines is 4. The number of hydrogen-bond acceptors (Lipinski definition) is 8. The number of benzene rings is 1. The van der Waals surface area contributed by atoms with Crippen LogP contribution < -0.4 is 15.5 Å². The molecule has 0 radical (unpaired) electrons. The van der Waals surface area contributed by atoms with Gasteiger partial charge in [-0.05, 0) is 81.7 Å². The molecule has 0 bridgehead atoms. The Bertz CT molecular complexity index is 1290. The second kappa shape index (κ2) is 15.6. The van der Waals surface area contributed by atoms with E-state index >= 15 is 0 Å². The van der Waals surface area contributed by atoms with Gasteiger partial charge in [0, 0.05) is 88.9 Å². The molecule has 2 aromatic rings. The molecule has 0 unspecified atom stereocenters. The van der Waals surface area contributed by atoms with Crippen molar-refractivity contribution < 1.29 is 18.0 Å². The summed E-state index contributed by atoms with van der Waals surface area (Å²) in [6, 6.07) is 7.03. The molecule has 3 fully saturated rings. The van der Waals surface area contributed by atoms with Gasteiger partial charge in [-0.1, -0.05) is 13.8 Å². The first kappa shape index (κ1) is 34.2. The summed E-state index contributed by atoms with van der Waals surface area (Å²) in [5.41, 5.74) is 2.32. The number of amides is 1. The zero-order valence-electron chi connectivity index (χ0n) is 27.7. The lowest BCUT2D eigenvalue weighted by atomic mass is 10.0. The number of alkyl halides is 3. The molecular weight excluding hydrogens is 593 g/mol. The van der Waals surface area contributed by atoms with E-state index in [9.17, 15) is 18.0 Å². The summed E-state index contributed by atoms with van der Waals surface area (Å²) in [6.45, 7) is 12.0. The van der Waals surface area contributed by atoms with Gasteiger partial charge in [-0.25, -0.2) is 4.98 Å². The van der Waals surface area contributed by atoms with E-state index in [2.05, 4.69) is 54.5 Å². The van der Waals surface area contributed by atoms with Gasteiger partial charge in [-0.2, -0.15) is 18.2 Å². The lowest BCUT2D eigenvalue weighted by Crippen LogP contribution is -2.52. The van der Waals surface area contributed by atoms with E-state index in [0.717, 1.165) is 89.7 Å². The molecule has 1 aromatic heterocycles. The van der Waals surface area contributed by atoms with Gasteiger partial charge in [0.25, 0.3) is 0 Å². The van der Waals surface area contributed by atoms with Crippen LogP contribution in [0.5, 0.6) is 0 Å². The summed E-state index contributed by atoms with van der Waals surface area (Å²) in [7, 11) is 2.19. The largest absolute Gasteiger partial charge is 0.421 e. The lowest BCUT2D eigenvalue weighted by molar-refractivity contribution is -0.137. The van der Waals surface area contributed by atoms with Crippen molar-refractivity contribution in [3.05, 3.63) is 35.5 Å². The number of halogens is 3. The van der Waals surface area contributed by atoms with Crippen LogP contribution in [0.4, 0.5) is 36.3 Å². The molecule has 1 amide bonds. The number of piperazine rings is 1. The quantitative estimate of drug-likeness (QED) is 0.237. The maximum absolute atomic E-state index is 13.9. The summed E-state index contributed by atoms with van der Waals surface area (Å²) in [4.78, 5) is 30.1. The summed E-state index contributed by atoms with van der Waals surface area (Å²) in [5, 5.41) is 6.12. The highest BCUT2D eigenvalue weighted by molar-refractivity contribution is 5.76. The fourth-order valence-electron chi connectivity index (χ4n) is 6.65. The van der Waals surface area contributed by atoms with Crippen molar-refractivity contribution >= 4 is 29.0 Å². The van der Waals surface area contributed by atoms with Crippen LogP contribution in [0.2, 0.25) is 0 Å². The summed E-state index contributed by atoms with van der Waals surface area (Å²) >= 11 is 0. The number of likely N-dealkylation sites (N-methyl/N-ethyl adjacent to an activating group) is 1. The predicted molar refractivity (Wildman–Crippen MR) is 178 cm³/mol. The maximum Gasteiger partial charge on any atom is 0.421 e. The van der Waals surface area contributed by atoms with Gasteiger partial charge < -0.3 is 25.3 Å². The van der Waals surface area contributed by atoms with Gasteiger partial charge in [0.05, 0.1) is 0 Å². The SMILES string of the molecule is CCCC(=O)N(CCC)CCCNc1nc(Nc2ccc(N3CCC(N4CCN(C)CC4)CC3)cc2C2CC2)ncc1C(F)(F)F. The van der Waals surface area contributed by atoms with E-state index in [-0.39, 0.29) is 24.2 Å². The van der Waals surface area contributed by atoms with Crippen LogP contribution in [0, 0.1) is 0 Å². The van der Waals surface area contributed by atoms with Crippen molar-refractivity contribution in [1.82, 2.24) is 24.7 Å². The van der Waals surface area contributed by atoms with E-state index in [1.165, 1.54) is 11.3 Å². The number of nitrogens with one attached hydrogen (secondary N) is 2. The Balaban J connectivity index is 1.23. The predicted octanol–water partition coefficient (Wildman–Crippen LogP) is 6.17. The molecule has 46 heavy (non-hydrogen) atoms. The van der Waals surface area contributed by atoms with E-state index in [1.807, 2.05) is 19.9 Å². The van der Waals surface area contributed by atoms with Gasteiger partial charge in [0.1, 0.15) is 11.4 Å². The Morgan fingerprint density at radius 1 is 1.00 bits per heavy atom. The van der Waals surface area contributed by atoms with Crippen LogP contribution in [-0.2, 0) is 11.0 Å². The molecule has 5 rings (SSSR count). The van der Waals surface area contributed by atoms with Crippen molar-refractivity contribution in [2.24, 2.45) is 0 Å². The second-order valence-corrected chi connectivity index (χ2v) is 13.1. The van der Waals surface area contributed by atoms with E-state index in [4.69, 9.17) is 0 Å². The highest BCUT2D eigenvalue weighted by Crippen LogP contribution is 2.45. The summed E-state index contributed by atoms with van der Waals surface area (Å²) in [6.07, 6.45) is 3.36. The van der Waals surface area contributed by atoms with E-state index in [1.54, 1.807) is 4.90 Å². The van der Waals surface area contributed by atoms with Crippen LogP contribution in [0.1, 0.15) is 82.3 Å². The molecule has 254 valence electrons. The highest BCUT2D eigenvalue weighted by atomic mass is 19.4. The number of piperidine rings is 1. The fourth-order valence-corrected chi connectivity index (χ4v) is 6.65. The topological polar surface area (TPSA) is 79.9 Å².